The summed E-state index contributed by atoms with van der Waals surface area (Å²) in [5.41, 5.74) is 1.08. The zero-order valence-corrected chi connectivity index (χ0v) is 10.9. The first-order valence-electron chi connectivity index (χ1n) is 5.32. The number of aromatic nitrogens is 2. The van der Waals surface area contributed by atoms with Crippen LogP contribution in [0.2, 0.25) is 0 Å². The first-order valence-corrected chi connectivity index (χ1v) is 6.55. The van der Waals surface area contributed by atoms with Crippen LogP contribution in [0.5, 0.6) is 0 Å². The number of nitriles is 1. The second kappa shape index (κ2) is 5.07. The Balaban J connectivity index is 2.78. The predicted octanol–water partition coefficient (Wildman–Crippen LogP) is 2.13. The van der Waals surface area contributed by atoms with E-state index in [0.29, 0.717) is 16.3 Å². The van der Waals surface area contributed by atoms with E-state index in [1.165, 1.54) is 16.4 Å². The maximum atomic E-state index is 12.2. The molecule has 0 bridgehead atoms. The van der Waals surface area contributed by atoms with Crippen molar-refractivity contribution in [3.8, 4) is 11.8 Å². The number of hydrogen-bond donors (Lipinski definition) is 0. The molecule has 2 rings (SSSR count). The van der Waals surface area contributed by atoms with Crippen LogP contribution in [-0.2, 0) is 0 Å². The molecular weight excluding hydrogens is 246 g/mol. The number of rotatable bonds is 2. The Kier molecular flexibility index (Phi) is 3.49. The highest BCUT2D eigenvalue weighted by atomic mass is 32.2. The van der Waals surface area contributed by atoms with Crippen molar-refractivity contribution in [2.75, 3.05) is 6.26 Å². The van der Waals surface area contributed by atoms with Gasteiger partial charge in [0.25, 0.3) is 5.56 Å². The van der Waals surface area contributed by atoms with Gasteiger partial charge in [-0.3, -0.25) is 4.79 Å². The Morgan fingerprint density at radius 2 is 2.00 bits per heavy atom. The molecule has 0 N–H and O–H groups in total. The van der Waals surface area contributed by atoms with Gasteiger partial charge in [-0.25, -0.2) is 0 Å². The Bertz CT molecular complexity index is 671. The van der Waals surface area contributed by atoms with Crippen molar-refractivity contribution in [2.24, 2.45) is 0 Å². The zero-order valence-electron chi connectivity index (χ0n) is 10.0. The molecule has 0 fully saturated rings. The molecule has 1 aromatic heterocycles. The van der Waals surface area contributed by atoms with E-state index in [0.717, 1.165) is 0 Å². The van der Waals surface area contributed by atoms with Gasteiger partial charge in [-0.15, -0.1) is 11.8 Å². The van der Waals surface area contributed by atoms with Crippen LogP contribution >= 0.6 is 11.8 Å². The van der Waals surface area contributed by atoms with Gasteiger partial charge in [0, 0.05) is 5.56 Å². The summed E-state index contributed by atoms with van der Waals surface area (Å²) in [5, 5.41) is 14.1. The maximum absolute atomic E-state index is 12.2. The minimum Gasteiger partial charge on any atom is -0.266 e. The highest BCUT2D eigenvalue weighted by Crippen LogP contribution is 2.18. The van der Waals surface area contributed by atoms with Crippen molar-refractivity contribution in [3.05, 3.63) is 51.8 Å². The molecule has 0 saturated carbocycles. The van der Waals surface area contributed by atoms with Crippen molar-refractivity contribution in [1.82, 2.24) is 9.78 Å². The van der Waals surface area contributed by atoms with E-state index in [2.05, 4.69) is 5.10 Å². The average molecular weight is 257 g/mol. The SMILES string of the molecule is CSc1nn(-c2ccccc2)c(=O)c(C#N)c1C. The van der Waals surface area contributed by atoms with Crippen molar-refractivity contribution in [2.45, 2.75) is 11.9 Å². The van der Waals surface area contributed by atoms with Gasteiger partial charge < -0.3 is 0 Å². The fourth-order valence-electron chi connectivity index (χ4n) is 1.65. The van der Waals surface area contributed by atoms with Gasteiger partial charge in [0.15, 0.2) is 0 Å². The van der Waals surface area contributed by atoms with E-state index in [1.54, 1.807) is 19.1 Å². The lowest BCUT2D eigenvalue weighted by atomic mass is 10.2. The number of para-hydroxylation sites is 1. The van der Waals surface area contributed by atoms with Crippen LogP contribution in [0, 0.1) is 18.3 Å². The topological polar surface area (TPSA) is 58.7 Å². The Labute approximate surface area is 109 Å². The molecule has 0 saturated heterocycles. The first-order chi connectivity index (χ1) is 8.69. The first kappa shape index (κ1) is 12.4. The van der Waals surface area contributed by atoms with E-state index in [4.69, 9.17) is 5.26 Å². The largest absolute Gasteiger partial charge is 0.289 e. The smallest absolute Gasteiger partial charge is 0.266 e. The van der Waals surface area contributed by atoms with Crippen molar-refractivity contribution < 1.29 is 0 Å². The molecule has 0 aliphatic heterocycles. The summed E-state index contributed by atoms with van der Waals surface area (Å²) in [6.07, 6.45) is 1.87. The van der Waals surface area contributed by atoms with Gasteiger partial charge in [0.05, 0.1) is 5.69 Å². The van der Waals surface area contributed by atoms with Crippen molar-refractivity contribution >= 4 is 11.8 Å². The third-order valence-electron chi connectivity index (χ3n) is 2.60. The lowest BCUT2D eigenvalue weighted by Gasteiger charge is -2.09. The number of nitrogens with zero attached hydrogens (tertiary/aromatic N) is 3. The summed E-state index contributed by atoms with van der Waals surface area (Å²) >= 11 is 1.42. The highest BCUT2D eigenvalue weighted by Gasteiger charge is 2.14. The molecule has 0 aliphatic rings. The molecule has 0 aliphatic carbocycles. The lowest BCUT2D eigenvalue weighted by Crippen LogP contribution is -2.25. The standard InChI is InChI=1S/C13H11N3OS/c1-9-11(8-14)13(17)16(15-12(9)18-2)10-6-4-3-5-7-10/h3-7H,1-2H3. The van der Waals surface area contributed by atoms with Gasteiger partial charge in [-0.05, 0) is 25.3 Å². The monoisotopic (exact) mass is 257 g/mol. The molecule has 90 valence electrons. The summed E-state index contributed by atoms with van der Waals surface area (Å²) in [5.74, 6) is 0. The van der Waals surface area contributed by atoms with Crippen LogP contribution in [0.4, 0.5) is 0 Å². The molecule has 2 aromatic rings. The van der Waals surface area contributed by atoms with E-state index in [1.807, 2.05) is 30.5 Å². The van der Waals surface area contributed by atoms with Crippen LogP contribution in [0.15, 0.2) is 40.2 Å². The van der Waals surface area contributed by atoms with Gasteiger partial charge >= 0.3 is 0 Å². The van der Waals surface area contributed by atoms with E-state index in [9.17, 15) is 4.79 Å². The van der Waals surface area contributed by atoms with E-state index in [-0.39, 0.29) is 11.1 Å². The highest BCUT2D eigenvalue weighted by molar-refractivity contribution is 7.98. The van der Waals surface area contributed by atoms with Gasteiger partial charge in [0.2, 0.25) is 0 Å². The third kappa shape index (κ3) is 2.03. The minimum absolute atomic E-state index is 0.151. The Morgan fingerprint density at radius 3 is 2.56 bits per heavy atom. The van der Waals surface area contributed by atoms with Crippen LogP contribution in [-0.4, -0.2) is 16.0 Å². The van der Waals surface area contributed by atoms with Crippen LogP contribution in [0.1, 0.15) is 11.1 Å². The van der Waals surface area contributed by atoms with Crippen molar-refractivity contribution in [1.29, 1.82) is 5.26 Å². The summed E-state index contributed by atoms with van der Waals surface area (Å²) in [6.45, 7) is 1.74. The lowest BCUT2D eigenvalue weighted by molar-refractivity contribution is 0.739. The average Bonchev–Trinajstić information content (AvgIpc) is 2.41. The zero-order chi connectivity index (χ0) is 13.1. The summed E-state index contributed by atoms with van der Waals surface area (Å²) in [4.78, 5) is 12.2. The quantitative estimate of drug-likeness (QED) is 0.773. The number of hydrogen-bond acceptors (Lipinski definition) is 4. The van der Waals surface area contributed by atoms with Crippen LogP contribution < -0.4 is 5.56 Å². The second-order valence-corrected chi connectivity index (χ2v) is 4.47. The normalized spacial score (nSPS) is 10.1. The fraction of sp³-hybridized carbons (Fsp3) is 0.154. The fourth-order valence-corrected chi connectivity index (χ4v) is 2.23. The predicted molar refractivity (Wildman–Crippen MR) is 71.1 cm³/mol. The molecule has 0 spiro atoms. The van der Waals surface area contributed by atoms with Gasteiger partial charge in [-0.1, -0.05) is 18.2 Å². The molecule has 0 radical (unpaired) electrons. The molecule has 0 unspecified atom stereocenters. The molecule has 0 atom stereocenters. The van der Waals surface area contributed by atoms with E-state index >= 15 is 0 Å². The molecular formula is C13H11N3OS. The number of benzene rings is 1. The van der Waals surface area contributed by atoms with Gasteiger partial charge in [-0.2, -0.15) is 15.0 Å². The molecule has 1 heterocycles. The second-order valence-electron chi connectivity index (χ2n) is 3.67. The molecule has 0 amide bonds. The minimum atomic E-state index is -0.376. The van der Waals surface area contributed by atoms with Gasteiger partial charge in [0.1, 0.15) is 16.7 Å². The summed E-state index contributed by atoms with van der Waals surface area (Å²) in [6, 6.07) is 11.1. The summed E-state index contributed by atoms with van der Waals surface area (Å²) in [7, 11) is 0. The Hall–Kier alpha value is -2.06. The van der Waals surface area contributed by atoms with E-state index < -0.39 is 0 Å². The number of thioether (sulfide) groups is 1. The third-order valence-corrected chi connectivity index (χ3v) is 3.37. The van der Waals surface area contributed by atoms with Crippen molar-refractivity contribution in [3.63, 3.8) is 0 Å². The van der Waals surface area contributed by atoms with Crippen LogP contribution in [0.25, 0.3) is 5.69 Å². The summed E-state index contributed by atoms with van der Waals surface area (Å²) < 4.78 is 1.28. The maximum Gasteiger partial charge on any atom is 0.289 e. The molecule has 4 nitrogen and oxygen atoms in total. The molecule has 5 heteroatoms. The Morgan fingerprint density at radius 1 is 1.33 bits per heavy atom. The van der Waals surface area contributed by atoms with Crippen LogP contribution in [0.3, 0.4) is 0 Å². The molecule has 1 aromatic carbocycles. The molecule has 18 heavy (non-hydrogen) atoms.